The van der Waals surface area contributed by atoms with Crippen LogP contribution in [0.15, 0.2) is 16.6 Å². The van der Waals surface area contributed by atoms with Gasteiger partial charge >= 0.3 is 0 Å². The zero-order chi connectivity index (χ0) is 15.0. The van der Waals surface area contributed by atoms with E-state index in [0.29, 0.717) is 6.04 Å². The number of carbonyl (C=O) groups excluding carboxylic acids is 1. The summed E-state index contributed by atoms with van der Waals surface area (Å²) in [7, 11) is 1.82. The second kappa shape index (κ2) is 5.97. The number of amides is 1. The number of carbonyl (C=O) groups is 1. The molecule has 0 radical (unpaired) electrons. The van der Waals surface area contributed by atoms with Gasteiger partial charge in [0.1, 0.15) is 6.04 Å². The van der Waals surface area contributed by atoms with Crippen LogP contribution in [0.2, 0.25) is 0 Å². The first-order valence-corrected chi connectivity index (χ1v) is 8.53. The fourth-order valence-electron chi connectivity index (χ4n) is 3.52. The van der Waals surface area contributed by atoms with Gasteiger partial charge in [0.05, 0.1) is 5.69 Å². The van der Waals surface area contributed by atoms with Crippen LogP contribution in [-0.2, 0) is 4.79 Å². The van der Waals surface area contributed by atoms with E-state index in [9.17, 15) is 4.79 Å². The summed E-state index contributed by atoms with van der Waals surface area (Å²) >= 11 is 3.71. The molecule has 1 aromatic rings. The second-order valence-electron chi connectivity index (χ2n) is 5.85. The van der Waals surface area contributed by atoms with Gasteiger partial charge in [-0.15, -0.1) is 0 Å². The van der Waals surface area contributed by atoms with E-state index in [1.165, 1.54) is 24.9 Å². The number of hydrogen-bond acceptors (Lipinski definition) is 3. The van der Waals surface area contributed by atoms with Gasteiger partial charge < -0.3 is 15.5 Å². The summed E-state index contributed by atoms with van der Waals surface area (Å²) in [6.07, 6.45) is 4.97. The van der Waals surface area contributed by atoms with Crippen LogP contribution in [0.4, 0.5) is 11.4 Å². The van der Waals surface area contributed by atoms with E-state index in [4.69, 9.17) is 0 Å². The van der Waals surface area contributed by atoms with Crippen molar-refractivity contribution in [3.8, 4) is 0 Å². The van der Waals surface area contributed by atoms with Crippen molar-refractivity contribution in [1.82, 2.24) is 5.32 Å². The van der Waals surface area contributed by atoms with Gasteiger partial charge in [-0.3, -0.25) is 4.79 Å². The number of rotatable bonds is 3. The van der Waals surface area contributed by atoms with E-state index in [-0.39, 0.29) is 11.9 Å². The molecule has 1 fully saturated rings. The summed E-state index contributed by atoms with van der Waals surface area (Å²) in [6, 6.07) is 4.58. The molecule has 1 aromatic carbocycles. The van der Waals surface area contributed by atoms with Gasteiger partial charge in [-0.25, -0.2) is 0 Å². The van der Waals surface area contributed by atoms with E-state index in [1.54, 1.807) is 0 Å². The maximum Gasteiger partial charge on any atom is 0.246 e. The van der Waals surface area contributed by atoms with Crippen LogP contribution < -0.4 is 15.5 Å². The molecule has 0 aromatic heterocycles. The first-order chi connectivity index (χ1) is 10.2. The maximum absolute atomic E-state index is 12.0. The van der Waals surface area contributed by atoms with Crippen LogP contribution in [0.25, 0.3) is 0 Å². The zero-order valence-electron chi connectivity index (χ0n) is 12.6. The van der Waals surface area contributed by atoms with Crippen molar-refractivity contribution >= 4 is 33.2 Å². The Kier molecular flexibility index (Phi) is 4.22. The highest BCUT2D eigenvalue weighted by Gasteiger charge is 2.32. The highest BCUT2D eigenvalue weighted by molar-refractivity contribution is 9.10. The molecule has 114 valence electrons. The van der Waals surface area contributed by atoms with Crippen LogP contribution in [0, 0.1) is 0 Å². The molecule has 0 saturated carbocycles. The third kappa shape index (κ3) is 2.57. The monoisotopic (exact) mass is 351 g/mol. The Morgan fingerprint density at radius 1 is 1.43 bits per heavy atom. The minimum Gasteiger partial charge on any atom is -0.368 e. The van der Waals surface area contributed by atoms with Crippen LogP contribution in [0.5, 0.6) is 0 Å². The van der Waals surface area contributed by atoms with Gasteiger partial charge in [0, 0.05) is 28.3 Å². The molecule has 0 bridgehead atoms. The Morgan fingerprint density at radius 2 is 2.24 bits per heavy atom. The largest absolute Gasteiger partial charge is 0.368 e. The molecule has 0 spiro atoms. The number of hydrogen-bond donors (Lipinski definition) is 2. The van der Waals surface area contributed by atoms with Crippen molar-refractivity contribution in [3.63, 3.8) is 0 Å². The molecule has 2 unspecified atom stereocenters. The smallest absolute Gasteiger partial charge is 0.246 e. The van der Waals surface area contributed by atoms with Crippen molar-refractivity contribution < 1.29 is 4.79 Å². The fourth-order valence-corrected chi connectivity index (χ4v) is 4.11. The van der Waals surface area contributed by atoms with Gasteiger partial charge in [0.15, 0.2) is 0 Å². The molecule has 5 heteroatoms. The van der Waals surface area contributed by atoms with Crippen molar-refractivity contribution in [3.05, 3.63) is 22.2 Å². The molecule has 2 N–H and O–H groups in total. The van der Waals surface area contributed by atoms with Crippen LogP contribution in [0.1, 0.15) is 44.2 Å². The number of nitrogens with one attached hydrogen (secondary N) is 2. The Bertz CT molecular complexity index is 561. The first kappa shape index (κ1) is 14.9. The summed E-state index contributed by atoms with van der Waals surface area (Å²) in [5.41, 5.74) is 3.18. The Hall–Kier alpha value is -1.07. The molecular formula is C16H22BrN3O. The van der Waals surface area contributed by atoms with E-state index in [0.717, 1.165) is 28.7 Å². The van der Waals surface area contributed by atoms with Crippen molar-refractivity contribution in [2.45, 2.75) is 44.7 Å². The normalized spacial score (nSPS) is 24.9. The number of nitrogens with zero attached hydrogens (tertiary/aromatic N) is 1. The second-order valence-corrected chi connectivity index (χ2v) is 6.71. The van der Waals surface area contributed by atoms with Crippen molar-refractivity contribution in [2.75, 3.05) is 23.8 Å². The fraction of sp³-hybridized carbons (Fsp3) is 0.562. The first-order valence-electron chi connectivity index (χ1n) is 7.74. The number of anilines is 2. The molecule has 1 saturated heterocycles. The van der Waals surface area contributed by atoms with E-state index in [2.05, 4.69) is 50.5 Å². The lowest BCUT2D eigenvalue weighted by Crippen LogP contribution is -2.39. The molecule has 1 amide bonds. The lowest BCUT2D eigenvalue weighted by Gasteiger charge is -2.38. The summed E-state index contributed by atoms with van der Waals surface area (Å²) in [5.74, 6) is 0.0298. The molecule has 4 nitrogen and oxygen atoms in total. The Morgan fingerprint density at radius 3 is 2.95 bits per heavy atom. The topological polar surface area (TPSA) is 44.4 Å². The Balaban J connectivity index is 1.98. The summed E-state index contributed by atoms with van der Waals surface area (Å²) in [5, 5.41) is 6.06. The molecule has 2 aliphatic heterocycles. The summed E-state index contributed by atoms with van der Waals surface area (Å²) < 4.78 is 1.08. The van der Waals surface area contributed by atoms with Crippen molar-refractivity contribution in [2.24, 2.45) is 0 Å². The molecule has 3 rings (SSSR count). The molecule has 2 heterocycles. The SMILES string of the molecule is CCC1CCCCN1c1cc2c(cc1Br)C(NC)C(=O)N2. The number of fused-ring (bicyclic) bond motifs is 1. The number of likely N-dealkylation sites (N-methyl/N-ethyl adjacent to an activating group) is 1. The van der Waals surface area contributed by atoms with E-state index >= 15 is 0 Å². The minimum absolute atomic E-state index is 0.0298. The zero-order valence-corrected chi connectivity index (χ0v) is 14.2. The standard InChI is InChI=1S/C16H22BrN3O/c1-3-10-6-4-5-7-20(10)14-9-13-11(8-12(14)17)15(18-2)16(21)19-13/h8-10,15,18H,3-7H2,1-2H3,(H,19,21). The third-order valence-electron chi connectivity index (χ3n) is 4.65. The molecule has 2 atom stereocenters. The quantitative estimate of drug-likeness (QED) is 0.876. The summed E-state index contributed by atoms with van der Waals surface area (Å²) in [6.45, 7) is 3.35. The van der Waals surface area contributed by atoms with Gasteiger partial charge in [-0.2, -0.15) is 0 Å². The molecule has 2 aliphatic rings. The third-order valence-corrected chi connectivity index (χ3v) is 5.28. The van der Waals surface area contributed by atoms with Crippen LogP contribution in [0.3, 0.4) is 0 Å². The number of benzene rings is 1. The van der Waals surface area contributed by atoms with Gasteiger partial charge in [0.2, 0.25) is 5.91 Å². The predicted octanol–water partition coefficient (Wildman–Crippen LogP) is 3.43. The van der Waals surface area contributed by atoms with Gasteiger partial charge in [-0.05, 0) is 60.8 Å². The van der Waals surface area contributed by atoms with Crippen LogP contribution >= 0.6 is 15.9 Å². The highest BCUT2D eigenvalue weighted by Crippen LogP contribution is 2.40. The summed E-state index contributed by atoms with van der Waals surface area (Å²) in [4.78, 5) is 14.5. The average molecular weight is 352 g/mol. The van der Waals surface area contributed by atoms with Gasteiger partial charge in [0.25, 0.3) is 0 Å². The molecule has 0 aliphatic carbocycles. The lowest BCUT2D eigenvalue weighted by atomic mass is 9.98. The number of halogens is 1. The number of piperidine rings is 1. The van der Waals surface area contributed by atoms with Gasteiger partial charge in [-0.1, -0.05) is 6.92 Å². The molecular weight excluding hydrogens is 330 g/mol. The van der Waals surface area contributed by atoms with E-state index in [1.807, 2.05) is 7.05 Å². The predicted molar refractivity (Wildman–Crippen MR) is 89.8 cm³/mol. The highest BCUT2D eigenvalue weighted by atomic mass is 79.9. The maximum atomic E-state index is 12.0. The minimum atomic E-state index is -0.242. The molecule has 21 heavy (non-hydrogen) atoms. The van der Waals surface area contributed by atoms with Crippen LogP contribution in [-0.4, -0.2) is 25.5 Å². The van der Waals surface area contributed by atoms with Crippen molar-refractivity contribution in [1.29, 1.82) is 0 Å². The van der Waals surface area contributed by atoms with E-state index < -0.39 is 0 Å². The average Bonchev–Trinajstić information content (AvgIpc) is 2.80. The lowest BCUT2D eigenvalue weighted by molar-refractivity contribution is -0.117. The Labute approximate surface area is 134 Å².